The van der Waals surface area contributed by atoms with Crippen LogP contribution in [0.25, 0.3) is 0 Å². The number of piperidine rings is 1. The van der Waals surface area contributed by atoms with Crippen LogP contribution in [-0.4, -0.2) is 54.3 Å². The van der Waals surface area contributed by atoms with E-state index < -0.39 is 22.2 Å². The number of carboxylic acid groups (broad SMARTS) is 1. The van der Waals surface area contributed by atoms with Crippen molar-refractivity contribution in [1.29, 1.82) is 0 Å². The summed E-state index contributed by atoms with van der Waals surface area (Å²) in [5, 5.41) is 9.11. The molecular weight excluding hydrogens is 256 g/mol. The Morgan fingerprint density at radius 1 is 1.44 bits per heavy atom. The average molecular weight is 278 g/mol. The van der Waals surface area contributed by atoms with E-state index in [2.05, 4.69) is 0 Å². The summed E-state index contributed by atoms with van der Waals surface area (Å²) in [7, 11) is -2.13. The lowest BCUT2D eigenvalue weighted by Gasteiger charge is -2.34. The van der Waals surface area contributed by atoms with Crippen molar-refractivity contribution in [3.8, 4) is 0 Å². The summed E-state index contributed by atoms with van der Waals surface area (Å²) in [6.07, 6.45) is 3.58. The summed E-state index contributed by atoms with van der Waals surface area (Å²) in [5.41, 5.74) is 0. The molecule has 1 aliphatic heterocycles. The van der Waals surface area contributed by atoms with Crippen LogP contribution in [0.3, 0.4) is 0 Å². The zero-order chi connectivity index (χ0) is 13.8. The fourth-order valence-electron chi connectivity index (χ4n) is 2.10. The number of aliphatic carboxylic acids is 1. The van der Waals surface area contributed by atoms with Crippen molar-refractivity contribution in [2.45, 2.75) is 45.1 Å². The van der Waals surface area contributed by atoms with E-state index in [0.29, 0.717) is 19.5 Å². The van der Waals surface area contributed by atoms with Gasteiger partial charge in [-0.15, -0.1) is 0 Å². The first-order valence-corrected chi connectivity index (χ1v) is 7.77. The lowest BCUT2D eigenvalue weighted by atomic mass is 10.1. The molecule has 0 radical (unpaired) electrons. The average Bonchev–Trinajstić information content (AvgIpc) is 2.35. The van der Waals surface area contributed by atoms with Crippen LogP contribution < -0.4 is 0 Å². The highest BCUT2D eigenvalue weighted by Crippen LogP contribution is 2.22. The van der Waals surface area contributed by atoms with Gasteiger partial charge in [-0.2, -0.15) is 17.0 Å². The number of hydrogen-bond donors (Lipinski definition) is 1. The second kappa shape index (κ2) is 6.49. The van der Waals surface area contributed by atoms with E-state index in [1.165, 1.54) is 11.4 Å². The highest BCUT2D eigenvalue weighted by Gasteiger charge is 2.38. The standard InChI is InChI=1S/C11H22N2O4S/c1-3-4-8-12(2)18(16,17)13-9-6-5-7-10(13)11(14)15/h10H,3-9H2,1-2H3,(H,14,15)/t10-/m1/s1. The molecule has 0 bridgehead atoms. The van der Waals surface area contributed by atoms with Gasteiger partial charge in [0.05, 0.1) is 0 Å². The van der Waals surface area contributed by atoms with Crippen molar-refractivity contribution in [1.82, 2.24) is 8.61 Å². The zero-order valence-electron chi connectivity index (χ0n) is 11.0. The molecule has 0 saturated carbocycles. The number of hydrogen-bond acceptors (Lipinski definition) is 3. The van der Waals surface area contributed by atoms with Crippen LogP contribution in [0.2, 0.25) is 0 Å². The molecule has 106 valence electrons. The molecule has 1 heterocycles. The van der Waals surface area contributed by atoms with Crippen LogP contribution in [0.5, 0.6) is 0 Å². The van der Waals surface area contributed by atoms with Crippen LogP contribution >= 0.6 is 0 Å². The molecule has 1 rings (SSSR count). The third-order valence-electron chi connectivity index (χ3n) is 3.26. The first-order valence-electron chi connectivity index (χ1n) is 6.37. The Bertz CT molecular complexity index is 383. The molecular formula is C11H22N2O4S. The largest absolute Gasteiger partial charge is 0.480 e. The van der Waals surface area contributed by atoms with Crippen LogP contribution in [0.1, 0.15) is 39.0 Å². The molecule has 18 heavy (non-hydrogen) atoms. The zero-order valence-corrected chi connectivity index (χ0v) is 11.8. The van der Waals surface area contributed by atoms with Crippen molar-refractivity contribution >= 4 is 16.2 Å². The maximum absolute atomic E-state index is 12.3. The predicted octanol–water partition coefficient (Wildman–Crippen LogP) is 0.902. The van der Waals surface area contributed by atoms with Gasteiger partial charge in [0.2, 0.25) is 0 Å². The molecule has 7 heteroatoms. The summed E-state index contributed by atoms with van der Waals surface area (Å²) >= 11 is 0. The second-order valence-electron chi connectivity index (χ2n) is 4.64. The topological polar surface area (TPSA) is 77.9 Å². The smallest absolute Gasteiger partial charge is 0.322 e. The Labute approximate surface area is 109 Å². The number of rotatable bonds is 6. The normalized spacial score (nSPS) is 22.3. The molecule has 1 atom stereocenters. The van der Waals surface area contributed by atoms with Gasteiger partial charge in [-0.3, -0.25) is 4.79 Å². The van der Waals surface area contributed by atoms with Gasteiger partial charge in [0, 0.05) is 20.1 Å². The minimum atomic E-state index is -3.64. The minimum absolute atomic E-state index is 0.301. The summed E-state index contributed by atoms with van der Waals surface area (Å²) in [6.45, 7) is 2.72. The summed E-state index contributed by atoms with van der Waals surface area (Å²) in [6, 6.07) is -0.909. The molecule has 0 aliphatic carbocycles. The summed E-state index contributed by atoms with van der Waals surface area (Å²) in [4.78, 5) is 11.1. The summed E-state index contributed by atoms with van der Waals surface area (Å²) in [5.74, 6) is -1.05. The predicted molar refractivity (Wildman–Crippen MR) is 68.4 cm³/mol. The highest BCUT2D eigenvalue weighted by molar-refractivity contribution is 7.86. The maximum atomic E-state index is 12.3. The minimum Gasteiger partial charge on any atom is -0.480 e. The quantitative estimate of drug-likeness (QED) is 0.783. The Morgan fingerprint density at radius 2 is 2.11 bits per heavy atom. The summed E-state index contributed by atoms with van der Waals surface area (Å²) < 4.78 is 27.0. The Kier molecular flexibility index (Phi) is 5.55. The molecule has 0 aromatic heterocycles. The Hall–Kier alpha value is -0.660. The van der Waals surface area contributed by atoms with Gasteiger partial charge >= 0.3 is 5.97 Å². The number of carboxylic acids is 1. The van der Waals surface area contributed by atoms with E-state index in [0.717, 1.165) is 30.0 Å². The van der Waals surface area contributed by atoms with Crippen molar-refractivity contribution in [2.24, 2.45) is 0 Å². The lowest BCUT2D eigenvalue weighted by molar-refractivity contribution is -0.142. The monoisotopic (exact) mass is 278 g/mol. The van der Waals surface area contributed by atoms with E-state index in [-0.39, 0.29) is 0 Å². The lowest BCUT2D eigenvalue weighted by Crippen LogP contribution is -2.52. The molecule has 0 unspecified atom stereocenters. The molecule has 0 amide bonds. The molecule has 1 fully saturated rings. The highest BCUT2D eigenvalue weighted by atomic mass is 32.2. The van der Waals surface area contributed by atoms with E-state index >= 15 is 0 Å². The maximum Gasteiger partial charge on any atom is 0.322 e. The molecule has 1 N–H and O–H groups in total. The SMILES string of the molecule is CCCCN(C)S(=O)(=O)N1CCCC[C@@H]1C(=O)O. The van der Waals surface area contributed by atoms with Crippen LogP contribution in [-0.2, 0) is 15.0 Å². The molecule has 1 aliphatic rings. The van der Waals surface area contributed by atoms with E-state index in [1.54, 1.807) is 0 Å². The van der Waals surface area contributed by atoms with Crippen LogP contribution in [0.4, 0.5) is 0 Å². The Balaban J connectivity index is 2.83. The van der Waals surface area contributed by atoms with Gasteiger partial charge in [0.25, 0.3) is 10.2 Å². The van der Waals surface area contributed by atoms with Gasteiger partial charge < -0.3 is 5.11 Å². The third kappa shape index (κ3) is 3.43. The molecule has 0 spiro atoms. The second-order valence-corrected chi connectivity index (χ2v) is 6.63. The van der Waals surface area contributed by atoms with E-state index in [4.69, 9.17) is 5.11 Å². The first kappa shape index (κ1) is 15.4. The van der Waals surface area contributed by atoms with Gasteiger partial charge in [0.1, 0.15) is 6.04 Å². The third-order valence-corrected chi connectivity index (χ3v) is 5.26. The van der Waals surface area contributed by atoms with Gasteiger partial charge in [-0.05, 0) is 25.7 Å². The van der Waals surface area contributed by atoms with Crippen molar-refractivity contribution in [3.63, 3.8) is 0 Å². The molecule has 6 nitrogen and oxygen atoms in total. The molecule has 0 aromatic carbocycles. The first-order chi connectivity index (χ1) is 8.41. The van der Waals surface area contributed by atoms with E-state index in [1.807, 2.05) is 6.92 Å². The van der Waals surface area contributed by atoms with Crippen molar-refractivity contribution < 1.29 is 18.3 Å². The van der Waals surface area contributed by atoms with Gasteiger partial charge in [0.15, 0.2) is 0 Å². The fourth-order valence-corrected chi connectivity index (χ4v) is 3.70. The Morgan fingerprint density at radius 3 is 2.67 bits per heavy atom. The molecule has 1 saturated heterocycles. The number of carbonyl (C=O) groups is 1. The molecule has 0 aromatic rings. The van der Waals surface area contributed by atoms with Crippen LogP contribution in [0.15, 0.2) is 0 Å². The van der Waals surface area contributed by atoms with Gasteiger partial charge in [-0.1, -0.05) is 13.3 Å². The number of unbranched alkanes of at least 4 members (excludes halogenated alkanes) is 1. The number of nitrogens with zero attached hydrogens (tertiary/aromatic N) is 2. The van der Waals surface area contributed by atoms with Crippen molar-refractivity contribution in [2.75, 3.05) is 20.1 Å². The van der Waals surface area contributed by atoms with Gasteiger partial charge in [-0.25, -0.2) is 0 Å². The van der Waals surface area contributed by atoms with Crippen molar-refractivity contribution in [3.05, 3.63) is 0 Å². The van der Waals surface area contributed by atoms with Crippen LogP contribution in [0, 0.1) is 0 Å². The fraction of sp³-hybridized carbons (Fsp3) is 0.909. The van der Waals surface area contributed by atoms with E-state index in [9.17, 15) is 13.2 Å².